The van der Waals surface area contributed by atoms with Crippen LogP contribution in [0.25, 0.3) is 11.8 Å². The molecule has 0 aromatic heterocycles. The average Bonchev–Trinajstić information content (AvgIpc) is 2.96. The molecule has 122 valence electrons. The molecule has 3 rings (SSSR count). The highest BCUT2D eigenvalue weighted by molar-refractivity contribution is 6.05. The number of benzene rings is 2. The summed E-state index contributed by atoms with van der Waals surface area (Å²) >= 11 is 0. The van der Waals surface area contributed by atoms with Crippen molar-refractivity contribution in [3.63, 3.8) is 0 Å². The smallest absolute Gasteiger partial charge is 0.343 e. The molecule has 0 amide bonds. The number of esters is 1. The molecule has 0 aliphatic carbocycles. The van der Waals surface area contributed by atoms with E-state index in [1.165, 1.54) is 19.2 Å². The lowest BCUT2D eigenvalue weighted by molar-refractivity contribution is -0.130. The van der Waals surface area contributed by atoms with Crippen molar-refractivity contribution in [3.05, 3.63) is 71.1 Å². The van der Waals surface area contributed by atoms with Crippen LogP contribution in [0.3, 0.4) is 0 Å². The van der Waals surface area contributed by atoms with Crippen molar-refractivity contribution in [1.82, 2.24) is 0 Å². The number of carbonyl (C=O) groups is 1. The van der Waals surface area contributed by atoms with Crippen molar-refractivity contribution in [2.24, 2.45) is 0 Å². The SMILES string of the molecule is COc1ccc(C2=CC(=Cc3ccc(F)cc3)C(=O)O2)c(OC)c1. The standard InChI is InChI=1S/C19H15FO4/c1-22-15-7-8-16(17(11-15)23-2)18-10-13(19(21)24-18)9-12-3-5-14(20)6-4-12/h3-11H,1-2H3. The predicted molar refractivity (Wildman–Crippen MR) is 88.0 cm³/mol. The molecule has 2 aromatic carbocycles. The van der Waals surface area contributed by atoms with Gasteiger partial charge in [0.2, 0.25) is 0 Å². The summed E-state index contributed by atoms with van der Waals surface area (Å²) in [6.45, 7) is 0. The number of ether oxygens (including phenoxy) is 3. The van der Waals surface area contributed by atoms with Crippen LogP contribution in [0.5, 0.6) is 11.5 Å². The maximum atomic E-state index is 13.0. The van der Waals surface area contributed by atoms with E-state index in [1.54, 1.807) is 49.6 Å². The highest BCUT2D eigenvalue weighted by atomic mass is 19.1. The molecule has 1 heterocycles. The highest BCUT2D eigenvalue weighted by Gasteiger charge is 2.24. The molecule has 1 aliphatic heterocycles. The van der Waals surface area contributed by atoms with Gasteiger partial charge in [-0.2, -0.15) is 0 Å². The summed E-state index contributed by atoms with van der Waals surface area (Å²) in [6.07, 6.45) is 3.28. The van der Waals surface area contributed by atoms with E-state index in [2.05, 4.69) is 0 Å². The lowest BCUT2D eigenvalue weighted by Gasteiger charge is -2.10. The van der Waals surface area contributed by atoms with Crippen LogP contribution < -0.4 is 9.47 Å². The van der Waals surface area contributed by atoms with Crippen molar-refractivity contribution in [1.29, 1.82) is 0 Å². The second-order valence-corrected chi connectivity index (χ2v) is 5.12. The Morgan fingerprint density at radius 2 is 1.79 bits per heavy atom. The molecular formula is C19H15FO4. The fourth-order valence-electron chi connectivity index (χ4n) is 2.36. The minimum Gasteiger partial charge on any atom is -0.497 e. The molecule has 0 radical (unpaired) electrons. The van der Waals surface area contributed by atoms with Crippen LogP contribution in [0, 0.1) is 5.82 Å². The molecule has 0 atom stereocenters. The number of methoxy groups -OCH3 is 2. The second-order valence-electron chi connectivity index (χ2n) is 5.12. The normalized spacial score (nSPS) is 15.2. The third kappa shape index (κ3) is 3.15. The lowest BCUT2D eigenvalue weighted by Crippen LogP contribution is -1.98. The summed E-state index contributed by atoms with van der Waals surface area (Å²) in [4.78, 5) is 12.1. The number of carbonyl (C=O) groups excluding carboxylic acids is 1. The number of cyclic esters (lactones) is 1. The molecule has 2 aromatic rings. The zero-order valence-corrected chi connectivity index (χ0v) is 13.2. The fraction of sp³-hybridized carbons (Fsp3) is 0.105. The second kappa shape index (κ2) is 6.58. The van der Waals surface area contributed by atoms with Crippen LogP contribution in [-0.4, -0.2) is 20.2 Å². The number of halogens is 1. The molecule has 4 nitrogen and oxygen atoms in total. The van der Waals surface area contributed by atoms with Crippen molar-refractivity contribution in [3.8, 4) is 11.5 Å². The maximum Gasteiger partial charge on any atom is 0.343 e. The summed E-state index contributed by atoms with van der Waals surface area (Å²) in [5.41, 5.74) is 1.74. The Hall–Kier alpha value is -3.08. The minimum absolute atomic E-state index is 0.328. The Labute approximate surface area is 138 Å². The number of hydrogen-bond donors (Lipinski definition) is 0. The van der Waals surface area contributed by atoms with Gasteiger partial charge in [0.05, 0.1) is 25.4 Å². The quantitative estimate of drug-likeness (QED) is 0.633. The number of hydrogen-bond acceptors (Lipinski definition) is 4. The van der Waals surface area contributed by atoms with Gasteiger partial charge in [-0.1, -0.05) is 12.1 Å². The largest absolute Gasteiger partial charge is 0.497 e. The van der Waals surface area contributed by atoms with Gasteiger partial charge in [-0.3, -0.25) is 0 Å². The Kier molecular flexibility index (Phi) is 4.33. The van der Waals surface area contributed by atoms with Crippen LogP contribution >= 0.6 is 0 Å². The highest BCUT2D eigenvalue weighted by Crippen LogP contribution is 2.35. The van der Waals surface area contributed by atoms with Crippen molar-refractivity contribution < 1.29 is 23.4 Å². The summed E-state index contributed by atoms with van der Waals surface area (Å²) in [5, 5.41) is 0. The van der Waals surface area contributed by atoms with E-state index >= 15 is 0 Å². The lowest BCUT2D eigenvalue weighted by atomic mass is 10.1. The molecule has 0 unspecified atom stereocenters. The molecular weight excluding hydrogens is 311 g/mol. The van der Waals surface area contributed by atoms with Crippen LogP contribution in [0.4, 0.5) is 4.39 Å². The Balaban J connectivity index is 1.96. The third-order valence-corrected chi connectivity index (χ3v) is 3.59. The molecule has 0 N–H and O–H groups in total. The van der Waals surface area contributed by atoms with E-state index in [-0.39, 0.29) is 5.82 Å². The third-order valence-electron chi connectivity index (χ3n) is 3.59. The summed E-state index contributed by atoms with van der Waals surface area (Å²) in [6, 6.07) is 11.1. The van der Waals surface area contributed by atoms with Gasteiger partial charge in [0.1, 0.15) is 23.1 Å². The molecule has 0 spiro atoms. The van der Waals surface area contributed by atoms with E-state index in [0.29, 0.717) is 34.0 Å². The van der Waals surface area contributed by atoms with Crippen LogP contribution in [0.2, 0.25) is 0 Å². The summed E-state index contributed by atoms with van der Waals surface area (Å²) in [5.74, 6) is 0.782. The predicted octanol–water partition coefficient (Wildman–Crippen LogP) is 3.82. The Bertz CT molecular complexity index is 835. The molecule has 0 saturated carbocycles. The molecule has 0 fully saturated rings. The average molecular weight is 326 g/mol. The van der Waals surface area contributed by atoms with Gasteiger partial charge in [0, 0.05) is 6.07 Å². The van der Waals surface area contributed by atoms with Gasteiger partial charge in [0.25, 0.3) is 0 Å². The number of rotatable bonds is 4. The van der Waals surface area contributed by atoms with Gasteiger partial charge >= 0.3 is 5.97 Å². The van der Waals surface area contributed by atoms with Crippen LogP contribution in [0.15, 0.2) is 54.1 Å². The van der Waals surface area contributed by atoms with E-state index in [1.807, 2.05) is 0 Å². The Morgan fingerprint density at radius 1 is 1.04 bits per heavy atom. The van der Waals surface area contributed by atoms with Gasteiger partial charge in [-0.25, -0.2) is 9.18 Å². The summed E-state index contributed by atoms with van der Waals surface area (Å²) < 4.78 is 28.8. The molecule has 24 heavy (non-hydrogen) atoms. The van der Waals surface area contributed by atoms with Crippen LogP contribution in [-0.2, 0) is 9.53 Å². The van der Waals surface area contributed by atoms with E-state index in [4.69, 9.17) is 14.2 Å². The van der Waals surface area contributed by atoms with Gasteiger partial charge in [0.15, 0.2) is 0 Å². The molecule has 0 saturated heterocycles. The molecule has 0 bridgehead atoms. The zero-order chi connectivity index (χ0) is 17.1. The molecule has 5 heteroatoms. The first-order chi connectivity index (χ1) is 11.6. The van der Waals surface area contributed by atoms with E-state index in [9.17, 15) is 9.18 Å². The monoisotopic (exact) mass is 326 g/mol. The van der Waals surface area contributed by atoms with E-state index < -0.39 is 5.97 Å². The van der Waals surface area contributed by atoms with Crippen molar-refractivity contribution in [2.45, 2.75) is 0 Å². The topological polar surface area (TPSA) is 44.8 Å². The first-order valence-corrected chi connectivity index (χ1v) is 7.24. The van der Waals surface area contributed by atoms with Crippen molar-refractivity contribution >= 4 is 17.8 Å². The first-order valence-electron chi connectivity index (χ1n) is 7.24. The minimum atomic E-state index is -0.466. The van der Waals surface area contributed by atoms with Crippen molar-refractivity contribution in [2.75, 3.05) is 14.2 Å². The van der Waals surface area contributed by atoms with Gasteiger partial charge in [-0.05, 0) is 42.0 Å². The van der Waals surface area contributed by atoms with Gasteiger partial charge < -0.3 is 14.2 Å². The summed E-state index contributed by atoms with van der Waals surface area (Å²) in [7, 11) is 3.09. The van der Waals surface area contributed by atoms with E-state index in [0.717, 1.165) is 0 Å². The fourth-order valence-corrected chi connectivity index (χ4v) is 2.36. The first kappa shape index (κ1) is 15.8. The molecule has 1 aliphatic rings. The van der Waals surface area contributed by atoms with Crippen LogP contribution in [0.1, 0.15) is 11.1 Å². The maximum absolute atomic E-state index is 13.0. The Morgan fingerprint density at radius 3 is 2.46 bits per heavy atom. The van der Waals surface area contributed by atoms with Gasteiger partial charge in [-0.15, -0.1) is 0 Å². The zero-order valence-electron chi connectivity index (χ0n) is 13.2.